The van der Waals surface area contributed by atoms with E-state index in [0.29, 0.717) is 18.5 Å². The largest absolute Gasteiger partial charge is 0.369 e. The van der Waals surface area contributed by atoms with Crippen molar-refractivity contribution in [2.24, 2.45) is 0 Å². The number of aromatic nitrogens is 1. The first kappa shape index (κ1) is 15.7. The maximum Gasteiger partial charge on any atom is 0.215 e. The predicted octanol–water partition coefficient (Wildman–Crippen LogP) is 1.62. The summed E-state index contributed by atoms with van der Waals surface area (Å²) in [5, 5.41) is 9.84. The lowest BCUT2D eigenvalue weighted by atomic mass is 10.0. The first-order chi connectivity index (χ1) is 11.1. The van der Waals surface area contributed by atoms with Crippen LogP contribution in [0.4, 0.5) is 5.69 Å². The van der Waals surface area contributed by atoms with Crippen LogP contribution in [0.25, 0.3) is 10.9 Å². The van der Waals surface area contributed by atoms with Gasteiger partial charge in [0.15, 0.2) is 0 Å². The van der Waals surface area contributed by atoms with Gasteiger partial charge in [-0.25, -0.2) is 13.1 Å². The van der Waals surface area contributed by atoms with Crippen LogP contribution in [0.1, 0.15) is 18.4 Å². The van der Waals surface area contributed by atoms with Crippen LogP contribution in [0, 0.1) is 11.3 Å². The van der Waals surface area contributed by atoms with Crippen molar-refractivity contribution in [3.63, 3.8) is 0 Å². The van der Waals surface area contributed by atoms with Crippen LogP contribution in [0.2, 0.25) is 0 Å². The molecule has 2 heterocycles. The standard InChI is InChI=1S/C16H18N4O2S/c1-18-23(21,22)13-5-4-8-20(11-13)16-12(9-17)10-19-15-7-3-2-6-14(15)16/h2-3,6-7,10,13,18H,4-5,8,11H2,1H3. The van der Waals surface area contributed by atoms with Crippen molar-refractivity contribution in [1.82, 2.24) is 9.71 Å². The number of rotatable bonds is 3. The quantitative estimate of drug-likeness (QED) is 0.924. The van der Waals surface area contributed by atoms with Crippen LogP contribution in [-0.4, -0.2) is 38.8 Å². The number of pyridine rings is 1. The van der Waals surface area contributed by atoms with Crippen molar-refractivity contribution in [3.05, 3.63) is 36.0 Å². The molecule has 0 spiro atoms. The Hall–Kier alpha value is -2.17. The number of para-hydroxylation sites is 1. The highest BCUT2D eigenvalue weighted by molar-refractivity contribution is 7.90. The molecule has 1 atom stereocenters. The predicted molar refractivity (Wildman–Crippen MR) is 89.7 cm³/mol. The Labute approximate surface area is 135 Å². The number of anilines is 1. The number of hydrogen-bond acceptors (Lipinski definition) is 5. The Morgan fingerprint density at radius 2 is 2.17 bits per heavy atom. The average Bonchev–Trinajstić information content (AvgIpc) is 2.60. The van der Waals surface area contributed by atoms with E-state index in [2.05, 4.69) is 15.8 Å². The van der Waals surface area contributed by atoms with E-state index in [4.69, 9.17) is 0 Å². The van der Waals surface area contributed by atoms with Gasteiger partial charge in [0.05, 0.1) is 22.0 Å². The van der Waals surface area contributed by atoms with Crippen molar-refractivity contribution in [2.75, 3.05) is 25.0 Å². The fourth-order valence-electron chi connectivity index (χ4n) is 3.11. The topological polar surface area (TPSA) is 86.1 Å². The fourth-order valence-corrected chi connectivity index (χ4v) is 4.30. The highest BCUT2D eigenvalue weighted by Crippen LogP contribution is 2.32. The molecule has 0 aliphatic carbocycles. The monoisotopic (exact) mass is 330 g/mol. The Morgan fingerprint density at radius 1 is 1.39 bits per heavy atom. The number of piperidine rings is 1. The first-order valence-corrected chi connectivity index (χ1v) is 9.06. The third-order valence-corrected chi connectivity index (χ3v) is 6.12. The summed E-state index contributed by atoms with van der Waals surface area (Å²) in [6, 6.07) is 9.80. The van der Waals surface area contributed by atoms with Gasteiger partial charge >= 0.3 is 0 Å². The molecule has 0 saturated carbocycles. The number of nitriles is 1. The highest BCUT2D eigenvalue weighted by Gasteiger charge is 2.31. The summed E-state index contributed by atoms with van der Waals surface area (Å²) < 4.78 is 26.7. The lowest BCUT2D eigenvalue weighted by Gasteiger charge is -2.34. The zero-order valence-corrected chi connectivity index (χ0v) is 13.7. The summed E-state index contributed by atoms with van der Waals surface area (Å²) in [7, 11) is -1.88. The minimum Gasteiger partial charge on any atom is -0.369 e. The van der Waals surface area contributed by atoms with Crippen molar-refractivity contribution in [1.29, 1.82) is 5.26 Å². The number of sulfonamides is 1. The molecule has 1 aliphatic heterocycles. The van der Waals surface area contributed by atoms with E-state index in [1.165, 1.54) is 7.05 Å². The van der Waals surface area contributed by atoms with Crippen LogP contribution in [0.15, 0.2) is 30.5 Å². The van der Waals surface area contributed by atoms with Gasteiger partial charge in [-0.15, -0.1) is 0 Å². The van der Waals surface area contributed by atoms with Crippen molar-refractivity contribution in [2.45, 2.75) is 18.1 Å². The molecule has 1 aliphatic rings. The third-order valence-electron chi connectivity index (χ3n) is 4.29. The molecule has 2 aromatic rings. The van der Waals surface area contributed by atoms with Crippen molar-refractivity contribution in [3.8, 4) is 6.07 Å². The zero-order chi connectivity index (χ0) is 16.4. The molecule has 1 aromatic heterocycles. The van der Waals surface area contributed by atoms with Gasteiger partial charge in [0.2, 0.25) is 10.0 Å². The van der Waals surface area contributed by atoms with Crippen LogP contribution in [0.3, 0.4) is 0 Å². The second-order valence-corrected chi connectivity index (χ2v) is 7.77. The Bertz CT molecular complexity index is 873. The molecular weight excluding hydrogens is 312 g/mol. The van der Waals surface area contributed by atoms with E-state index in [-0.39, 0.29) is 0 Å². The van der Waals surface area contributed by atoms with Gasteiger partial charge in [0, 0.05) is 24.7 Å². The SMILES string of the molecule is CNS(=O)(=O)C1CCCN(c2c(C#N)cnc3ccccc23)C1. The van der Waals surface area contributed by atoms with Gasteiger partial charge in [-0.2, -0.15) is 5.26 Å². The van der Waals surface area contributed by atoms with Crippen LogP contribution in [-0.2, 0) is 10.0 Å². The number of benzene rings is 1. The van der Waals surface area contributed by atoms with E-state index in [0.717, 1.165) is 29.6 Å². The molecule has 0 radical (unpaired) electrons. The molecule has 1 unspecified atom stereocenters. The summed E-state index contributed by atoms with van der Waals surface area (Å²) in [5.41, 5.74) is 2.07. The summed E-state index contributed by atoms with van der Waals surface area (Å²) in [6.45, 7) is 1.12. The van der Waals surface area contributed by atoms with Crippen molar-refractivity contribution < 1.29 is 8.42 Å². The zero-order valence-electron chi connectivity index (χ0n) is 12.9. The van der Waals surface area contributed by atoms with Crippen LogP contribution < -0.4 is 9.62 Å². The van der Waals surface area contributed by atoms with Gasteiger partial charge in [-0.1, -0.05) is 18.2 Å². The van der Waals surface area contributed by atoms with Gasteiger partial charge in [0.25, 0.3) is 0 Å². The van der Waals surface area contributed by atoms with Gasteiger partial charge in [-0.05, 0) is 26.0 Å². The Balaban J connectivity index is 2.07. The molecule has 3 rings (SSSR count). The number of nitrogens with one attached hydrogen (secondary N) is 1. The minimum absolute atomic E-state index is 0.381. The summed E-state index contributed by atoms with van der Waals surface area (Å²) in [5.74, 6) is 0. The smallest absolute Gasteiger partial charge is 0.215 e. The highest BCUT2D eigenvalue weighted by atomic mass is 32.2. The molecular formula is C16H18N4O2S. The van der Waals surface area contributed by atoms with E-state index in [1.807, 2.05) is 29.2 Å². The van der Waals surface area contributed by atoms with Crippen LogP contribution in [0.5, 0.6) is 0 Å². The second kappa shape index (κ2) is 6.14. The van der Waals surface area contributed by atoms with Gasteiger partial charge in [0.1, 0.15) is 6.07 Å². The lowest BCUT2D eigenvalue weighted by molar-refractivity contribution is 0.526. The van der Waals surface area contributed by atoms with Gasteiger partial charge < -0.3 is 4.90 Å². The first-order valence-electron chi connectivity index (χ1n) is 7.52. The molecule has 1 N–H and O–H groups in total. The van der Waals surface area contributed by atoms with Gasteiger partial charge in [-0.3, -0.25) is 4.98 Å². The second-order valence-electron chi connectivity index (χ2n) is 5.61. The van der Waals surface area contributed by atoms with Crippen LogP contribution >= 0.6 is 0 Å². The molecule has 7 heteroatoms. The number of nitrogens with zero attached hydrogens (tertiary/aromatic N) is 3. The normalized spacial score (nSPS) is 18.8. The van der Waals surface area contributed by atoms with E-state index < -0.39 is 15.3 Å². The Kier molecular flexibility index (Phi) is 4.20. The summed E-state index contributed by atoms with van der Waals surface area (Å²) in [6.07, 6.45) is 2.96. The Morgan fingerprint density at radius 3 is 2.91 bits per heavy atom. The van der Waals surface area contributed by atoms with Crippen molar-refractivity contribution >= 4 is 26.6 Å². The summed E-state index contributed by atoms with van der Waals surface area (Å²) >= 11 is 0. The molecule has 23 heavy (non-hydrogen) atoms. The molecule has 6 nitrogen and oxygen atoms in total. The number of hydrogen-bond donors (Lipinski definition) is 1. The molecule has 1 aromatic carbocycles. The molecule has 0 bridgehead atoms. The molecule has 120 valence electrons. The average molecular weight is 330 g/mol. The third kappa shape index (κ3) is 2.87. The van der Waals surface area contributed by atoms with E-state index in [9.17, 15) is 13.7 Å². The van der Waals surface area contributed by atoms with E-state index in [1.54, 1.807) is 6.20 Å². The maximum absolute atomic E-state index is 12.1. The minimum atomic E-state index is -3.33. The molecule has 1 saturated heterocycles. The molecule has 1 fully saturated rings. The van der Waals surface area contributed by atoms with E-state index >= 15 is 0 Å². The lowest BCUT2D eigenvalue weighted by Crippen LogP contribution is -2.46. The maximum atomic E-state index is 12.1. The fraction of sp³-hybridized carbons (Fsp3) is 0.375. The molecule has 0 amide bonds. The summed E-state index contributed by atoms with van der Waals surface area (Å²) in [4.78, 5) is 6.32. The number of fused-ring (bicyclic) bond motifs is 1.